The molecule has 0 radical (unpaired) electrons. The summed E-state index contributed by atoms with van der Waals surface area (Å²) < 4.78 is 5.48. The van der Waals surface area contributed by atoms with Crippen molar-refractivity contribution in [2.45, 2.75) is 25.4 Å². The highest BCUT2D eigenvalue weighted by Gasteiger charge is 2.37. The maximum absolute atomic E-state index is 5.48. The van der Waals surface area contributed by atoms with Gasteiger partial charge in [-0.15, -0.1) is 0 Å². The molecule has 0 amide bonds. The Kier molecular flexibility index (Phi) is 2.44. The lowest BCUT2D eigenvalue weighted by atomic mass is 10.2. The SMILES string of the molecule is CCOc1cncc(N2C[C@H]3C[C@@H]2CN3)c1. The van der Waals surface area contributed by atoms with Crippen molar-refractivity contribution in [1.82, 2.24) is 10.3 Å². The molecule has 4 nitrogen and oxygen atoms in total. The zero-order valence-electron chi connectivity index (χ0n) is 9.52. The highest BCUT2D eigenvalue weighted by Crippen LogP contribution is 2.30. The Morgan fingerprint density at radius 2 is 2.50 bits per heavy atom. The quantitative estimate of drug-likeness (QED) is 0.824. The van der Waals surface area contributed by atoms with E-state index in [2.05, 4.69) is 21.3 Å². The summed E-state index contributed by atoms with van der Waals surface area (Å²) in [6.07, 6.45) is 4.97. The van der Waals surface area contributed by atoms with Crippen LogP contribution >= 0.6 is 0 Å². The van der Waals surface area contributed by atoms with Crippen molar-refractivity contribution >= 4 is 5.69 Å². The fourth-order valence-electron chi connectivity index (χ4n) is 2.69. The number of piperazine rings is 1. The first-order valence-corrected chi connectivity index (χ1v) is 5.94. The number of anilines is 1. The van der Waals surface area contributed by atoms with Crippen LogP contribution in [0.25, 0.3) is 0 Å². The highest BCUT2D eigenvalue weighted by atomic mass is 16.5. The van der Waals surface area contributed by atoms with Crippen LogP contribution < -0.4 is 15.0 Å². The maximum atomic E-state index is 5.48. The van der Waals surface area contributed by atoms with Gasteiger partial charge in [0.2, 0.25) is 0 Å². The molecule has 0 aliphatic carbocycles. The largest absolute Gasteiger partial charge is 0.492 e. The Bertz CT molecular complexity index is 382. The van der Waals surface area contributed by atoms with E-state index < -0.39 is 0 Å². The minimum Gasteiger partial charge on any atom is -0.492 e. The Morgan fingerprint density at radius 3 is 3.19 bits per heavy atom. The van der Waals surface area contributed by atoms with Gasteiger partial charge in [0.25, 0.3) is 0 Å². The van der Waals surface area contributed by atoms with E-state index in [1.807, 2.05) is 13.1 Å². The van der Waals surface area contributed by atoms with Gasteiger partial charge >= 0.3 is 0 Å². The molecule has 0 unspecified atom stereocenters. The molecule has 2 bridgehead atoms. The summed E-state index contributed by atoms with van der Waals surface area (Å²) in [5.74, 6) is 0.871. The van der Waals surface area contributed by atoms with Gasteiger partial charge in [-0.05, 0) is 13.3 Å². The molecule has 2 aliphatic rings. The third-order valence-electron chi connectivity index (χ3n) is 3.40. The van der Waals surface area contributed by atoms with Gasteiger partial charge in [0.15, 0.2) is 0 Å². The molecular formula is C12H17N3O. The zero-order valence-corrected chi connectivity index (χ0v) is 9.52. The fraction of sp³-hybridized carbons (Fsp3) is 0.583. The normalized spacial score (nSPS) is 27.4. The molecule has 0 spiro atoms. The lowest BCUT2D eigenvalue weighted by molar-refractivity contribution is 0.339. The highest BCUT2D eigenvalue weighted by molar-refractivity contribution is 5.51. The van der Waals surface area contributed by atoms with E-state index in [1.165, 1.54) is 12.1 Å². The second-order valence-corrected chi connectivity index (χ2v) is 4.46. The number of hydrogen-bond acceptors (Lipinski definition) is 4. The minimum absolute atomic E-state index is 0.642. The summed E-state index contributed by atoms with van der Waals surface area (Å²) in [5, 5.41) is 3.50. The summed E-state index contributed by atoms with van der Waals surface area (Å²) in [4.78, 5) is 6.69. The van der Waals surface area contributed by atoms with Crippen LogP contribution in [0, 0.1) is 0 Å². The molecular weight excluding hydrogens is 202 g/mol. The van der Waals surface area contributed by atoms with Gasteiger partial charge in [-0.25, -0.2) is 0 Å². The van der Waals surface area contributed by atoms with E-state index in [0.29, 0.717) is 18.7 Å². The number of aromatic nitrogens is 1. The van der Waals surface area contributed by atoms with Crippen LogP contribution in [-0.4, -0.2) is 36.8 Å². The first kappa shape index (κ1) is 9.90. The first-order valence-electron chi connectivity index (χ1n) is 5.94. The molecule has 1 aromatic heterocycles. The molecule has 3 rings (SSSR count). The lowest BCUT2D eigenvalue weighted by Crippen LogP contribution is -2.43. The van der Waals surface area contributed by atoms with E-state index in [1.54, 1.807) is 6.20 Å². The number of nitrogens with zero attached hydrogens (tertiary/aromatic N) is 2. The average molecular weight is 219 g/mol. The standard InChI is InChI=1S/C12H17N3O/c1-2-16-12-4-11(5-13-7-12)15-8-9-3-10(15)6-14-9/h4-5,7,9-10,14H,2-3,6,8H2,1H3/t9-,10-/m1/s1. The zero-order chi connectivity index (χ0) is 11.0. The van der Waals surface area contributed by atoms with E-state index in [0.717, 1.165) is 18.8 Å². The summed E-state index contributed by atoms with van der Waals surface area (Å²) in [6, 6.07) is 3.40. The van der Waals surface area contributed by atoms with Gasteiger partial charge in [-0.3, -0.25) is 4.98 Å². The van der Waals surface area contributed by atoms with Crippen LogP contribution in [0.5, 0.6) is 5.75 Å². The number of rotatable bonds is 3. The number of ether oxygens (including phenoxy) is 1. The summed E-state index contributed by atoms with van der Waals surface area (Å²) in [6.45, 7) is 4.89. The number of hydrogen-bond donors (Lipinski definition) is 1. The van der Waals surface area contributed by atoms with Crippen molar-refractivity contribution in [3.05, 3.63) is 18.5 Å². The van der Waals surface area contributed by atoms with Crippen molar-refractivity contribution in [1.29, 1.82) is 0 Å². The van der Waals surface area contributed by atoms with Crippen molar-refractivity contribution < 1.29 is 4.74 Å². The molecule has 16 heavy (non-hydrogen) atoms. The number of fused-ring (bicyclic) bond motifs is 2. The van der Waals surface area contributed by atoms with Crippen LogP contribution in [0.15, 0.2) is 18.5 Å². The topological polar surface area (TPSA) is 37.4 Å². The Morgan fingerprint density at radius 1 is 1.56 bits per heavy atom. The fourth-order valence-corrected chi connectivity index (χ4v) is 2.69. The third kappa shape index (κ3) is 1.63. The molecule has 0 aromatic carbocycles. The average Bonchev–Trinajstić information content (AvgIpc) is 2.91. The molecule has 1 aromatic rings. The molecule has 86 valence electrons. The second kappa shape index (κ2) is 3.94. The van der Waals surface area contributed by atoms with Gasteiger partial charge in [-0.1, -0.05) is 0 Å². The number of nitrogens with one attached hydrogen (secondary N) is 1. The van der Waals surface area contributed by atoms with Gasteiger partial charge in [0.1, 0.15) is 5.75 Å². The minimum atomic E-state index is 0.642. The summed E-state index contributed by atoms with van der Waals surface area (Å²) in [5.41, 5.74) is 1.19. The van der Waals surface area contributed by atoms with Crippen molar-refractivity contribution in [3.63, 3.8) is 0 Å². The van der Waals surface area contributed by atoms with Crippen molar-refractivity contribution in [2.24, 2.45) is 0 Å². The van der Waals surface area contributed by atoms with E-state index in [-0.39, 0.29) is 0 Å². The Balaban J connectivity index is 1.81. The van der Waals surface area contributed by atoms with Crippen LogP contribution in [0.3, 0.4) is 0 Å². The molecule has 2 aliphatic heterocycles. The summed E-state index contributed by atoms with van der Waals surface area (Å²) in [7, 11) is 0. The molecule has 1 N–H and O–H groups in total. The van der Waals surface area contributed by atoms with Crippen LogP contribution in [0.4, 0.5) is 5.69 Å². The van der Waals surface area contributed by atoms with Crippen molar-refractivity contribution in [3.8, 4) is 5.75 Å². The number of pyridine rings is 1. The maximum Gasteiger partial charge on any atom is 0.139 e. The molecule has 2 atom stereocenters. The predicted octanol–water partition coefficient (Wildman–Crippen LogP) is 1.03. The van der Waals surface area contributed by atoms with Gasteiger partial charge < -0.3 is 15.0 Å². The Labute approximate surface area is 95.6 Å². The van der Waals surface area contributed by atoms with Crippen LogP contribution in [0.1, 0.15) is 13.3 Å². The van der Waals surface area contributed by atoms with Gasteiger partial charge in [-0.2, -0.15) is 0 Å². The van der Waals surface area contributed by atoms with E-state index in [9.17, 15) is 0 Å². The van der Waals surface area contributed by atoms with E-state index in [4.69, 9.17) is 4.74 Å². The monoisotopic (exact) mass is 219 g/mol. The molecule has 2 fully saturated rings. The Hall–Kier alpha value is -1.29. The first-order chi connectivity index (χ1) is 7.86. The van der Waals surface area contributed by atoms with Crippen molar-refractivity contribution in [2.75, 3.05) is 24.6 Å². The predicted molar refractivity (Wildman–Crippen MR) is 62.9 cm³/mol. The molecule has 3 heterocycles. The van der Waals surface area contributed by atoms with Crippen LogP contribution in [-0.2, 0) is 0 Å². The van der Waals surface area contributed by atoms with E-state index >= 15 is 0 Å². The third-order valence-corrected chi connectivity index (χ3v) is 3.40. The van der Waals surface area contributed by atoms with Gasteiger partial charge in [0.05, 0.1) is 24.7 Å². The molecule has 2 saturated heterocycles. The molecule has 4 heteroatoms. The van der Waals surface area contributed by atoms with Crippen LogP contribution in [0.2, 0.25) is 0 Å². The second-order valence-electron chi connectivity index (χ2n) is 4.46. The van der Waals surface area contributed by atoms with Gasteiger partial charge in [0, 0.05) is 31.2 Å². The molecule has 0 saturated carbocycles. The summed E-state index contributed by atoms with van der Waals surface area (Å²) >= 11 is 0. The lowest BCUT2D eigenvalue weighted by Gasteiger charge is -2.29. The smallest absolute Gasteiger partial charge is 0.139 e.